The Hall–Kier alpha value is -4.25. The van der Waals surface area contributed by atoms with Crippen LogP contribution in [0.15, 0.2) is 85.4 Å². The molecular weight excluding hydrogens is 463 g/mol. The predicted molar refractivity (Wildman–Crippen MR) is 144 cm³/mol. The summed E-state index contributed by atoms with van der Waals surface area (Å²) < 4.78 is 16.6. The molecular formula is C30H29FN6. The number of nitrogens with two attached hydrogens (primary N) is 1. The summed E-state index contributed by atoms with van der Waals surface area (Å²) >= 11 is 0. The summed E-state index contributed by atoms with van der Waals surface area (Å²) in [6.07, 6.45) is 2.49. The second kappa shape index (κ2) is 10.8. The molecule has 7 heteroatoms. The minimum Gasteiger partial charge on any atom is -0.352 e. The molecule has 1 aliphatic carbocycles. The van der Waals surface area contributed by atoms with E-state index in [0.717, 1.165) is 28.9 Å². The quantitative estimate of drug-likeness (QED) is 0.271. The second-order valence-corrected chi connectivity index (χ2v) is 9.35. The van der Waals surface area contributed by atoms with Crippen LogP contribution < -0.4 is 16.4 Å². The monoisotopic (exact) mass is 492 g/mol. The number of hydrogen-bond donors (Lipinski definition) is 3. The average Bonchev–Trinajstić information content (AvgIpc) is 3.66. The highest BCUT2D eigenvalue weighted by molar-refractivity contribution is 5.75. The van der Waals surface area contributed by atoms with Crippen LogP contribution in [0.2, 0.25) is 0 Å². The van der Waals surface area contributed by atoms with E-state index in [1.54, 1.807) is 10.7 Å². The minimum atomic E-state index is -0.393. The Bertz CT molecular complexity index is 1450. The molecule has 1 unspecified atom stereocenters. The Labute approximate surface area is 216 Å². The number of halogens is 1. The molecule has 0 aliphatic heterocycles. The van der Waals surface area contributed by atoms with Gasteiger partial charge in [-0.15, -0.1) is 0 Å². The van der Waals surface area contributed by atoms with Crippen molar-refractivity contribution in [1.29, 1.82) is 5.26 Å². The first-order valence-electron chi connectivity index (χ1n) is 12.4. The van der Waals surface area contributed by atoms with Crippen molar-refractivity contribution in [3.63, 3.8) is 0 Å². The molecule has 0 radical (unpaired) electrons. The lowest BCUT2D eigenvalue weighted by Crippen LogP contribution is -2.24. The first kappa shape index (κ1) is 24.4. The molecule has 5 rings (SSSR count). The third-order valence-corrected chi connectivity index (χ3v) is 6.57. The Morgan fingerprint density at radius 2 is 1.89 bits per heavy atom. The van der Waals surface area contributed by atoms with Gasteiger partial charge in [0.1, 0.15) is 11.9 Å². The number of rotatable bonds is 10. The fraction of sp³-hybridized carbons (Fsp3) is 0.200. The molecule has 0 saturated heterocycles. The van der Waals surface area contributed by atoms with Crippen LogP contribution in [0.4, 0.5) is 10.1 Å². The normalized spacial score (nSPS) is 13.6. The van der Waals surface area contributed by atoms with Crippen molar-refractivity contribution in [1.82, 2.24) is 15.1 Å². The van der Waals surface area contributed by atoms with Crippen LogP contribution in [0.25, 0.3) is 11.4 Å². The van der Waals surface area contributed by atoms with E-state index in [9.17, 15) is 5.26 Å². The van der Waals surface area contributed by atoms with Crippen LogP contribution >= 0.6 is 0 Å². The van der Waals surface area contributed by atoms with E-state index in [1.165, 1.54) is 18.9 Å². The van der Waals surface area contributed by atoms with Gasteiger partial charge in [-0.1, -0.05) is 55.1 Å². The van der Waals surface area contributed by atoms with Crippen molar-refractivity contribution in [3.05, 3.63) is 119 Å². The number of hydrogen-bond acceptors (Lipinski definition) is 5. The summed E-state index contributed by atoms with van der Waals surface area (Å²) in [5.74, 6) is 0.312. The van der Waals surface area contributed by atoms with Crippen molar-refractivity contribution >= 4 is 11.4 Å². The molecule has 6 nitrogen and oxygen atoms in total. The molecule has 1 fully saturated rings. The maximum atomic E-state index is 15.0. The van der Waals surface area contributed by atoms with Crippen molar-refractivity contribution in [2.75, 3.05) is 11.9 Å². The second-order valence-electron chi connectivity index (χ2n) is 9.35. The highest BCUT2D eigenvalue weighted by Gasteiger charge is 2.24. The zero-order valence-electron chi connectivity index (χ0n) is 20.5. The van der Waals surface area contributed by atoms with Gasteiger partial charge in [-0.2, -0.15) is 10.4 Å². The molecule has 1 heterocycles. The molecule has 1 saturated carbocycles. The number of nitrogens with one attached hydrogen (secondary N) is 2. The number of aromatic nitrogens is 2. The highest BCUT2D eigenvalue weighted by Crippen LogP contribution is 2.32. The summed E-state index contributed by atoms with van der Waals surface area (Å²) in [4.78, 5) is 0. The first-order valence-corrected chi connectivity index (χ1v) is 12.4. The zero-order valence-corrected chi connectivity index (χ0v) is 20.5. The van der Waals surface area contributed by atoms with Crippen molar-refractivity contribution in [2.45, 2.75) is 25.4 Å². The number of anilines is 1. The lowest BCUT2D eigenvalue weighted by Gasteiger charge is -2.21. The summed E-state index contributed by atoms with van der Waals surface area (Å²) in [6.45, 7) is 5.45. The van der Waals surface area contributed by atoms with E-state index in [1.807, 2.05) is 54.6 Å². The van der Waals surface area contributed by atoms with Crippen LogP contribution in [-0.2, 0) is 6.54 Å². The third kappa shape index (κ3) is 5.61. The molecule has 186 valence electrons. The standard InChI is InChI=1S/C30H29FN6/c1-20(29-16-25(18-33)36-37(29)26-9-5-6-22(14-26)17-32)35-28-15-24(12-13-27(28)31)30(34-19-21-10-11-21)23-7-3-2-4-8-23/h2-9,12-16,21,30,34-35H,1,10-11,17,19,32H2. The van der Waals surface area contributed by atoms with E-state index in [-0.39, 0.29) is 11.7 Å². The minimum absolute atomic E-state index is 0.0639. The average molecular weight is 493 g/mol. The lowest BCUT2D eigenvalue weighted by atomic mass is 9.97. The van der Waals surface area contributed by atoms with Crippen molar-refractivity contribution < 1.29 is 4.39 Å². The summed E-state index contributed by atoms with van der Waals surface area (Å²) in [5, 5.41) is 20.7. The van der Waals surface area contributed by atoms with E-state index >= 15 is 4.39 Å². The molecule has 1 aliphatic rings. The van der Waals surface area contributed by atoms with Gasteiger partial charge < -0.3 is 16.4 Å². The van der Waals surface area contributed by atoms with Gasteiger partial charge in [0.15, 0.2) is 5.69 Å². The van der Waals surface area contributed by atoms with Gasteiger partial charge in [0.25, 0.3) is 0 Å². The van der Waals surface area contributed by atoms with Gasteiger partial charge in [0.05, 0.1) is 28.8 Å². The van der Waals surface area contributed by atoms with E-state index in [2.05, 4.69) is 40.5 Å². The maximum absolute atomic E-state index is 15.0. The Balaban J connectivity index is 1.45. The molecule has 0 bridgehead atoms. The highest BCUT2D eigenvalue weighted by atomic mass is 19.1. The molecule has 1 aromatic heterocycles. The van der Waals surface area contributed by atoms with Crippen molar-refractivity contribution in [3.8, 4) is 11.8 Å². The molecule has 1 atom stereocenters. The van der Waals surface area contributed by atoms with E-state index < -0.39 is 5.82 Å². The Morgan fingerprint density at radius 3 is 2.62 bits per heavy atom. The van der Waals surface area contributed by atoms with E-state index in [4.69, 9.17) is 5.73 Å². The zero-order chi connectivity index (χ0) is 25.8. The molecule has 3 aromatic carbocycles. The number of nitrogens with zero attached hydrogens (tertiary/aromatic N) is 3. The molecule has 0 amide bonds. The van der Waals surface area contributed by atoms with Crippen molar-refractivity contribution in [2.24, 2.45) is 11.7 Å². The predicted octanol–water partition coefficient (Wildman–Crippen LogP) is 5.51. The van der Waals surface area contributed by atoms with Crippen LogP contribution in [-0.4, -0.2) is 16.3 Å². The topological polar surface area (TPSA) is 91.7 Å². The molecule has 4 N–H and O–H groups in total. The van der Waals surface area contributed by atoms with Gasteiger partial charge in [0, 0.05) is 12.6 Å². The summed E-state index contributed by atoms with van der Waals surface area (Å²) in [5.41, 5.74) is 11.1. The SMILES string of the molecule is C=C(Nc1cc(C(NCC2CC2)c2ccccc2)ccc1F)c1cc(C#N)nn1-c1cccc(CN)c1. The summed E-state index contributed by atoms with van der Waals surface area (Å²) in [6, 6.07) is 26.5. The van der Waals surface area contributed by atoms with Gasteiger partial charge in [0.2, 0.25) is 0 Å². The smallest absolute Gasteiger partial charge is 0.163 e. The number of benzene rings is 3. The molecule has 4 aromatic rings. The Morgan fingerprint density at radius 1 is 1.08 bits per heavy atom. The van der Waals surface area contributed by atoms with Gasteiger partial charge in [-0.3, -0.25) is 0 Å². The van der Waals surface area contributed by atoms with Gasteiger partial charge in [-0.05, 0) is 66.3 Å². The summed E-state index contributed by atoms with van der Waals surface area (Å²) in [7, 11) is 0. The third-order valence-electron chi connectivity index (χ3n) is 6.57. The first-order chi connectivity index (χ1) is 18.1. The van der Waals surface area contributed by atoms with Gasteiger partial charge >= 0.3 is 0 Å². The lowest BCUT2D eigenvalue weighted by molar-refractivity contribution is 0.571. The fourth-order valence-corrected chi connectivity index (χ4v) is 4.39. The van der Waals surface area contributed by atoms with Crippen LogP contribution in [0, 0.1) is 23.1 Å². The van der Waals surface area contributed by atoms with E-state index in [0.29, 0.717) is 29.5 Å². The maximum Gasteiger partial charge on any atom is 0.163 e. The van der Waals surface area contributed by atoms with Crippen LogP contribution in [0.3, 0.4) is 0 Å². The Kier molecular flexibility index (Phi) is 7.13. The van der Waals surface area contributed by atoms with Crippen LogP contribution in [0.1, 0.15) is 47.0 Å². The number of nitriles is 1. The molecule has 37 heavy (non-hydrogen) atoms. The molecule has 0 spiro atoms. The largest absolute Gasteiger partial charge is 0.352 e. The fourth-order valence-electron chi connectivity index (χ4n) is 4.39. The van der Waals surface area contributed by atoms with Gasteiger partial charge in [-0.25, -0.2) is 9.07 Å². The van der Waals surface area contributed by atoms with Crippen LogP contribution in [0.5, 0.6) is 0 Å².